The van der Waals surface area contributed by atoms with Crippen LogP contribution in [0.3, 0.4) is 0 Å². The third-order valence-corrected chi connectivity index (χ3v) is 4.53. The van der Waals surface area contributed by atoms with Crippen molar-refractivity contribution in [1.82, 2.24) is 4.98 Å². The molecule has 1 aromatic carbocycles. The van der Waals surface area contributed by atoms with Gasteiger partial charge >= 0.3 is 0 Å². The van der Waals surface area contributed by atoms with Gasteiger partial charge in [-0.05, 0) is 36.4 Å². The van der Waals surface area contributed by atoms with Gasteiger partial charge in [0.1, 0.15) is 16.0 Å². The molecule has 1 unspecified atom stereocenters. The second-order valence-electron chi connectivity index (χ2n) is 4.67. The summed E-state index contributed by atoms with van der Waals surface area (Å²) in [4.78, 5) is 25.1. The fourth-order valence-electron chi connectivity index (χ4n) is 2.32. The van der Waals surface area contributed by atoms with Crippen LogP contribution in [0.15, 0.2) is 57.6 Å². The normalized spacial score (nSPS) is 19.6. The molecule has 0 radical (unpaired) electrons. The van der Waals surface area contributed by atoms with Crippen LogP contribution in [0.5, 0.6) is 5.75 Å². The van der Waals surface area contributed by atoms with E-state index < -0.39 is 5.25 Å². The second-order valence-corrected chi connectivity index (χ2v) is 5.77. The van der Waals surface area contributed by atoms with Crippen molar-refractivity contribution in [3.05, 3.63) is 53.7 Å². The number of phenolic OH excluding ortho intramolecular Hbond substituents is 1. The molecule has 2 aliphatic rings. The maximum Gasteiger partial charge on any atom is 0.267 e. The van der Waals surface area contributed by atoms with Gasteiger partial charge in [-0.3, -0.25) is 4.79 Å². The maximum absolute atomic E-state index is 12.2. The fourth-order valence-corrected chi connectivity index (χ4v) is 3.41. The number of hydrogen-bond donors (Lipinski definition) is 1. The van der Waals surface area contributed by atoms with Crippen molar-refractivity contribution in [1.29, 1.82) is 0 Å². The van der Waals surface area contributed by atoms with E-state index in [1.54, 1.807) is 30.5 Å². The molecule has 0 fully saturated rings. The first-order valence-corrected chi connectivity index (χ1v) is 7.23. The Hall–Kier alpha value is -2.47. The van der Waals surface area contributed by atoms with Crippen LogP contribution in [0, 0.1) is 0 Å². The number of rotatable bonds is 1. The number of amidine groups is 1. The zero-order valence-electron chi connectivity index (χ0n) is 10.7. The number of thioether (sulfide) groups is 1. The molecule has 1 aromatic heterocycles. The molecule has 2 aromatic rings. The van der Waals surface area contributed by atoms with Crippen molar-refractivity contribution in [3.8, 4) is 5.75 Å². The molecule has 5 nitrogen and oxygen atoms in total. The topological polar surface area (TPSA) is 74.9 Å². The Morgan fingerprint density at radius 1 is 1.10 bits per heavy atom. The molecule has 0 saturated heterocycles. The van der Waals surface area contributed by atoms with Crippen molar-refractivity contribution in [3.63, 3.8) is 0 Å². The molecule has 1 amide bonds. The third kappa shape index (κ3) is 1.95. The van der Waals surface area contributed by atoms with E-state index in [9.17, 15) is 9.90 Å². The summed E-state index contributed by atoms with van der Waals surface area (Å²) >= 11 is 1.39. The number of phenols is 1. The minimum atomic E-state index is -0.393. The molecule has 21 heavy (non-hydrogen) atoms. The minimum Gasteiger partial charge on any atom is -0.508 e. The summed E-state index contributed by atoms with van der Waals surface area (Å²) in [6.45, 7) is 0. The standard InChI is InChI=1S/C15H9N3O2S/c19-9-5-3-8(4-6-9)13-17-11-10-2-1-7-16-15(10)21-12(11)14(20)18-13/h1-7,12,19H. The van der Waals surface area contributed by atoms with Crippen molar-refractivity contribution >= 4 is 29.2 Å². The van der Waals surface area contributed by atoms with Gasteiger partial charge in [-0.15, -0.1) is 0 Å². The summed E-state index contributed by atoms with van der Waals surface area (Å²) in [6, 6.07) is 10.2. The summed E-state index contributed by atoms with van der Waals surface area (Å²) in [7, 11) is 0. The SMILES string of the molecule is O=C1N=C(c2ccc(O)cc2)N=C2c3cccnc3SC12. The molecule has 1 atom stereocenters. The van der Waals surface area contributed by atoms with Gasteiger partial charge in [0.25, 0.3) is 5.91 Å². The molecule has 1 N–H and O–H groups in total. The molecular weight excluding hydrogens is 286 g/mol. The van der Waals surface area contributed by atoms with E-state index in [0.29, 0.717) is 17.1 Å². The first-order valence-electron chi connectivity index (χ1n) is 6.35. The van der Waals surface area contributed by atoms with Crippen molar-refractivity contribution in [2.45, 2.75) is 10.3 Å². The van der Waals surface area contributed by atoms with Crippen molar-refractivity contribution < 1.29 is 9.90 Å². The minimum absolute atomic E-state index is 0.165. The van der Waals surface area contributed by atoms with E-state index in [4.69, 9.17) is 0 Å². The lowest BCUT2D eigenvalue weighted by Gasteiger charge is -2.13. The van der Waals surface area contributed by atoms with Crippen LogP contribution in [0.25, 0.3) is 0 Å². The van der Waals surface area contributed by atoms with Gasteiger partial charge in [0.2, 0.25) is 0 Å². The summed E-state index contributed by atoms with van der Waals surface area (Å²) in [5.41, 5.74) is 2.31. The smallest absolute Gasteiger partial charge is 0.267 e. The molecule has 0 aliphatic carbocycles. The molecule has 0 spiro atoms. The van der Waals surface area contributed by atoms with E-state index in [1.807, 2.05) is 12.1 Å². The lowest BCUT2D eigenvalue weighted by atomic mass is 10.1. The van der Waals surface area contributed by atoms with Gasteiger partial charge in [-0.1, -0.05) is 11.8 Å². The lowest BCUT2D eigenvalue weighted by Crippen LogP contribution is -2.28. The molecule has 6 heteroatoms. The number of nitrogens with zero attached hydrogens (tertiary/aromatic N) is 3. The van der Waals surface area contributed by atoms with E-state index in [-0.39, 0.29) is 11.7 Å². The highest BCUT2D eigenvalue weighted by Gasteiger charge is 2.38. The van der Waals surface area contributed by atoms with Gasteiger partial charge in [0.05, 0.1) is 5.71 Å². The van der Waals surface area contributed by atoms with Gasteiger partial charge < -0.3 is 5.11 Å². The largest absolute Gasteiger partial charge is 0.508 e. The molecular formula is C15H9N3O2S. The average Bonchev–Trinajstić information content (AvgIpc) is 2.87. The van der Waals surface area contributed by atoms with Crippen LogP contribution in [0.1, 0.15) is 11.1 Å². The zero-order chi connectivity index (χ0) is 14.4. The van der Waals surface area contributed by atoms with Gasteiger partial charge in [0, 0.05) is 17.3 Å². The Bertz CT molecular complexity index is 812. The first kappa shape index (κ1) is 12.3. The summed E-state index contributed by atoms with van der Waals surface area (Å²) in [6.07, 6.45) is 1.70. The lowest BCUT2D eigenvalue weighted by molar-refractivity contribution is -0.116. The first-order chi connectivity index (χ1) is 10.2. The highest BCUT2D eigenvalue weighted by Crippen LogP contribution is 2.38. The molecule has 0 bridgehead atoms. The quantitative estimate of drug-likeness (QED) is 0.873. The Balaban J connectivity index is 1.82. The Morgan fingerprint density at radius 2 is 1.90 bits per heavy atom. The van der Waals surface area contributed by atoms with Crippen LogP contribution in [0.4, 0.5) is 0 Å². The molecule has 102 valence electrons. The van der Waals surface area contributed by atoms with Gasteiger partial charge in [-0.2, -0.15) is 4.99 Å². The Labute approximate surface area is 124 Å². The number of pyridine rings is 1. The number of aromatic hydroxyl groups is 1. The number of aliphatic imine (C=N–C) groups is 2. The second kappa shape index (κ2) is 4.53. The highest BCUT2D eigenvalue weighted by molar-refractivity contribution is 8.02. The van der Waals surface area contributed by atoms with Crippen LogP contribution in [0.2, 0.25) is 0 Å². The molecule has 4 rings (SSSR count). The number of benzene rings is 1. The van der Waals surface area contributed by atoms with Gasteiger partial charge in [-0.25, -0.2) is 9.98 Å². The molecule has 0 saturated carbocycles. The Morgan fingerprint density at radius 3 is 2.71 bits per heavy atom. The molecule has 2 aliphatic heterocycles. The van der Waals surface area contributed by atoms with Gasteiger partial charge in [0.15, 0.2) is 5.84 Å². The summed E-state index contributed by atoms with van der Waals surface area (Å²) < 4.78 is 0. The van der Waals surface area contributed by atoms with E-state index in [2.05, 4.69) is 15.0 Å². The number of hydrogen-bond acceptors (Lipinski definition) is 5. The highest BCUT2D eigenvalue weighted by atomic mass is 32.2. The number of amides is 1. The van der Waals surface area contributed by atoms with E-state index in [1.165, 1.54) is 11.8 Å². The zero-order valence-corrected chi connectivity index (χ0v) is 11.5. The van der Waals surface area contributed by atoms with Crippen LogP contribution in [-0.2, 0) is 4.79 Å². The monoisotopic (exact) mass is 295 g/mol. The predicted octanol–water partition coefficient (Wildman–Crippen LogP) is 2.04. The third-order valence-electron chi connectivity index (χ3n) is 3.32. The van der Waals surface area contributed by atoms with Crippen molar-refractivity contribution in [2.24, 2.45) is 9.98 Å². The number of aromatic nitrogens is 1. The summed E-state index contributed by atoms with van der Waals surface area (Å²) in [5, 5.41) is 9.76. The average molecular weight is 295 g/mol. The van der Waals surface area contributed by atoms with Crippen LogP contribution in [-0.4, -0.2) is 32.8 Å². The van der Waals surface area contributed by atoms with Crippen LogP contribution < -0.4 is 0 Å². The van der Waals surface area contributed by atoms with E-state index >= 15 is 0 Å². The number of carbonyl (C=O) groups excluding carboxylic acids is 1. The maximum atomic E-state index is 12.2. The summed E-state index contributed by atoms with van der Waals surface area (Å²) in [5.74, 6) is 0.326. The number of carbonyl (C=O) groups is 1. The van der Waals surface area contributed by atoms with Crippen molar-refractivity contribution in [2.75, 3.05) is 0 Å². The predicted molar refractivity (Wildman–Crippen MR) is 80.1 cm³/mol. The number of fused-ring (bicyclic) bond motifs is 3. The Kier molecular flexibility index (Phi) is 2.65. The van der Waals surface area contributed by atoms with E-state index in [0.717, 1.165) is 10.6 Å². The van der Waals surface area contributed by atoms with Crippen LogP contribution >= 0.6 is 11.8 Å². The fraction of sp³-hybridized carbons (Fsp3) is 0.0667. The molecule has 3 heterocycles.